The molecule has 10 bridgehead atoms. The fraction of sp³-hybridized carbons (Fsp3) is 0.621. The normalized spacial score (nSPS) is 49.7. The third-order valence-electron chi connectivity index (χ3n) is 24.2. The van der Waals surface area contributed by atoms with Crippen LogP contribution < -0.4 is 14.4 Å². The predicted octanol–water partition coefficient (Wildman–Crippen LogP) is 6.84. The van der Waals surface area contributed by atoms with E-state index in [4.69, 9.17) is 37.9 Å². The van der Waals surface area contributed by atoms with Gasteiger partial charge in [-0.1, -0.05) is 18.2 Å². The first-order valence-corrected chi connectivity index (χ1v) is 26.1. The van der Waals surface area contributed by atoms with Gasteiger partial charge in [0, 0.05) is 84.5 Å². The number of carbonyl (C=O) groups excluding carboxylic acids is 2. The summed E-state index contributed by atoms with van der Waals surface area (Å²) in [6.45, 7) is 1.87. The van der Waals surface area contributed by atoms with Crippen molar-refractivity contribution in [2.45, 2.75) is 61.9 Å². The molecule has 13 nitrogen and oxygen atoms in total. The molecule has 5 heterocycles. The van der Waals surface area contributed by atoms with Crippen LogP contribution in [0.3, 0.4) is 0 Å². The number of benzene rings is 3. The summed E-state index contributed by atoms with van der Waals surface area (Å²) in [4.78, 5) is 34.9. The topological polar surface area (TPSA) is 159 Å². The fourth-order valence-electron chi connectivity index (χ4n) is 23.7. The zero-order valence-corrected chi connectivity index (χ0v) is 41.0. The maximum Gasteiger partial charge on any atom is 0.246 e. The van der Waals surface area contributed by atoms with E-state index in [1.165, 1.54) is 11.1 Å². The average molecular weight is 958 g/mol. The minimum atomic E-state index is -1.31. The molecule has 8 aliphatic carbocycles. The summed E-state index contributed by atoms with van der Waals surface area (Å²) < 4.78 is 53.6. The van der Waals surface area contributed by atoms with Crippen LogP contribution in [0.2, 0.25) is 0 Å². The largest absolute Gasteiger partial charge is 0.496 e. The molecule has 2 amide bonds. The Hall–Kier alpha value is -4.86. The van der Waals surface area contributed by atoms with E-state index in [1.807, 2.05) is 56.7 Å². The molecule has 0 spiro atoms. The number of nitrogens with zero attached hydrogens (tertiary/aromatic N) is 3. The third-order valence-corrected chi connectivity index (χ3v) is 24.2. The Balaban J connectivity index is 0.921. The van der Waals surface area contributed by atoms with Crippen molar-refractivity contribution in [2.75, 3.05) is 74.0 Å². The number of carbonyl (C=O) groups is 2. The summed E-state index contributed by atoms with van der Waals surface area (Å²) in [7, 11) is 10.6. The molecule has 71 heavy (non-hydrogen) atoms. The maximum absolute atomic E-state index is 16.7. The van der Waals surface area contributed by atoms with Crippen LogP contribution >= 0.6 is 0 Å². The van der Waals surface area contributed by atoms with Crippen LogP contribution in [-0.2, 0) is 38.0 Å². The smallest absolute Gasteiger partial charge is 0.246 e. The van der Waals surface area contributed by atoms with Crippen molar-refractivity contribution >= 4 is 28.3 Å². The van der Waals surface area contributed by atoms with Gasteiger partial charge < -0.3 is 37.9 Å². The molecule has 16 rings (SSSR count). The standard InChI is InChI=1S/C58H59N3O10/c1-64-22-53-34-18-35(31-17-33-32(16-30(31)34)38(68-5)14-15-39(33)69-6)54(53,23-65-2)44-43(53)47-57-49-45-46(50(71-49)58(57,48(44)70-47)52(63)61(51(57)62)27-10-8-7-9-11-27)56(25-67-4)37-19-36(55(45,56)24-66-3)41-28-12-13-29(42(37)41)40(28)26(20-59)21-60/h7-11,14-17,28-29,34-37,41-50H,12-13,18-19,22-25H2,1-6H3/t28-,29+,34-,35+,36-,37+,41+,42-,43-,44+,45+,46-,47-,48+,49+,50-,53-,54+,55-,56+,57+,58-. The van der Waals surface area contributed by atoms with Crippen molar-refractivity contribution in [3.8, 4) is 23.6 Å². The number of ether oxygens (including phenoxy) is 8. The van der Waals surface area contributed by atoms with E-state index >= 15 is 9.59 Å². The van der Waals surface area contributed by atoms with Crippen LogP contribution in [0.5, 0.6) is 11.5 Å². The van der Waals surface area contributed by atoms with E-state index in [0.717, 1.165) is 53.5 Å². The van der Waals surface area contributed by atoms with Crippen LogP contribution in [0.15, 0.2) is 65.7 Å². The predicted molar refractivity (Wildman–Crippen MR) is 253 cm³/mol. The quantitative estimate of drug-likeness (QED) is 0.0855. The number of fused-ring (bicyclic) bond motifs is 35. The summed E-state index contributed by atoms with van der Waals surface area (Å²) in [5.74, 6) is 2.21. The Morgan fingerprint density at radius 1 is 0.606 bits per heavy atom. The Labute approximate surface area is 413 Å². The Kier molecular flexibility index (Phi) is 7.96. The fourth-order valence-corrected chi connectivity index (χ4v) is 23.7. The lowest BCUT2D eigenvalue weighted by Crippen LogP contribution is -2.85. The first kappa shape index (κ1) is 42.6. The molecule has 13 heteroatoms. The second kappa shape index (κ2) is 13.3. The molecular weight excluding hydrogens is 899 g/mol. The molecule has 13 aliphatic rings. The van der Waals surface area contributed by atoms with Crippen molar-refractivity contribution < 1.29 is 47.5 Å². The molecule has 3 aromatic rings. The van der Waals surface area contributed by atoms with Gasteiger partial charge >= 0.3 is 0 Å². The minimum Gasteiger partial charge on any atom is -0.496 e. The Morgan fingerprint density at radius 2 is 1.03 bits per heavy atom. The number of methoxy groups -OCH3 is 6. The summed E-state index contributed by atoms with van der Waals surface area (Å²) in [6.07, 6.45) is 1.41. The molecule has 0 aromatic heterocycles. The van der Waals surface area contributed by atoms with Gasteiger partial charge in [-0.05, 0) is 126 Å². The SMILES string of the molecule is COC[C@@]12[C@@H]3[C@@H]([C@@H]4O[C@H]3[C@]35C(=O)N(c6ccccc6)C(=O)[C@]43[C@@H]3O[C@H]5[C@@H]4[C@H]3[C@]3(COC)[C@H]5C[C@H]([C@H]6[C@@H]5[C@H]5CC[C@@H]6C5=C(C#N)C#N)[C@]43COC)[C@]1(COC)[C@H]1C[C@@H]2c2cc3c(OC)ccc(OC)c3cc21. The van der Waals surface area contributed by atoms with Crippen LogP contribution in [0.1, 0.15) is 48.6 Å². The molecular formula is C58H59N3O10. The van der Waals surface area contributed by atoms with Crippen molar-refractivity contribution in [2.24, 2.45) is 91.7 Å². The molecule has 5 saturated heterocycles. The molecule has 0 radical (unpaired) electrons. The van der Waals surface area contributed by atoms with Gasteiger partial charge in [-0.3, -0.25) is 9.59 Å². The first-order valence-electron chi connectivity index (χ1n) is 26.1. The van der Waals surface area contributed by atoms with Crippen molar-refractivity contribution in [3.05, 3.63) is 76.9 Å². The zero-order valence-electron chi connectivity index (χ0n) is 41.0. The van der Waals surface area contributed by atoms with E-state index in [1.54, 1.807) is 33.3 Å². The molecule has 22 atom stereocenters. The van der Waals surface area contributed by atoms with Gasteiger partial charge in [0.2, 0.25) is 11.8 Å². The lowest BCUT2D eigenvalue weighted by atomic mass is 9.22. The number of hydrogen-bond donors (Lipinski definition) is 0. The molecule has 3 aromatic carbocycles. The Morgan fingerprint density at radius 3 is 1.44 bits per heavy atom. The lowest BCUT2D eigenvalue weighted by Gasteiger charge is -2.78. The molecule has 7 saturated carbocycles. The van der Waals surface area contributed by atoms with Gasteiger partial charge in [0.25, 0.3) is 0 Å². The van der Waals surface area contributed by atoms with Gasteiger partial charge in [0.05, 0.1) is 70.8 Å². The molecule has 12 fully saturated rings. The zero-order chi connectivity index (χ0) is 48.3. The van der Waals surface area contributed by atoms with E-state index in [0.29, 0.717) is 49.5 Å². The van der Waals surface area contributed by atoms with Gasteiger partial charge in [0.15, 0.2) is 0 Å². The van der Waals surface area contributed by atoms with E-state index in [-0.39, 0.29) is 71.0 Å². The van der Waals surface area contributed by atoms with Crippen LogP contribution in [0.25, 0.3) is 10.8 Å². The molecule has 0 N–H and O–H groups in total. The highest BCUT2D eigenvalue weighted by Gasteiger charge is 3.05. The minimum absolute atomic E-state index is 0.0599. The van der Waals surface area contributed by atoms with E-state index in [9.17, 15) is 10.5 Å². The summed E-state index contributed by atoms with van der Waals surface area (Å²) in [5.41, 5.74) is 0.0917. The van der Waals surface area contributed by atoms with Crippen LogP contribution in [0, 0.1) is 114 Å². The van der Waals surface area contributed by atoms with Gasteiger partial charge in [-0.15, -0.1) is 0 Å². The highest BCUT2D eigenvalue weighted by molar-refractivity contribution is 6.27. The second-order valence-corrected chi connectivity index (χ2v) is 24.3. The number of rotatable bonds is 11. The number of imide groups is 1. The maximum atomic E-state index is 16.7. The first-order chi connectivity index (χ1) is 34.7. The van der Waals surface area contributed by atoms with Gasteiger partial charge in [0.1, 0.15) is 40.0 Å². The number of anilines is 1. The summed E-state index contributed by atoms with van der Waals surface area (Å²) in [6, 6.07) is 22.8. The van der Waals surface area contributed by atoms with Gasteiger partial charge in [-0.25, -0.2) is 4.90 Å². The summed E-state index contributed by atoms with van der Waals surface area (Å²) >= 11 is 0. The van der Waals surface area contributed by atoms with Crippen molar-refractivity contribution in [3.63, 3.8) is 0 Å². The van der Waals surface area contributed by atoms with Crippen LogP contribution in [-0.4, -0.2) is 105 Å². The number of para-hydroxylation sites is 1. The van der Waals surface area contributed by atoms with E-state index in [2.05, 4.69) is 24.3 Å². The summed E-state index contributed by atoms with van der Waals surface area (Å²) in [5, 5.41) is 22.7. The second-order valence-electron chi connectivity index (χ2n) is 24.3. The third kappa shape index (κ3) is 3.72. The average Bonchev–Trinajstić information content (AvgIpc) is 4.35. The molecule has 0 unspecified atom stereocenters. The highest BCUT2D eigenvalue weighted by Crippen LogP contribution is 2.98. The van der Waals surface area contributed by atoms with Crippen molar-refractivity contribution in [1.29, 1.82) is 10.5 Å². The molecule has 366 valence electrons. The lowest BCUT2D eigenvalue weighted by molar-refractivity contribution is -0.330. The number of nitriles is 2. The van der Waals surface area contributed by atoms with E-state index < -0.39 is 56.9 Å². The number of hydrogen-bond acceptors (Lipinski definition) is 12. The number of amides is 2. The Bertz CT molecular complexity index is 2920. The van der Waals surface area contributed by atoms with Gasteiger partial charge in [-0.2, -0.15) is 10.5 Å². The van der Waals surface area contributed by atoms with Crippen molar-refractivity contribution in [1.82, 2.24) is 0 Å². The molecule has 5 aliphatic heterocycles. The van der Waals surface area contributed by atoms with Crippen LogP contribution in [0.4, 0.5) is 5.69 Å². The monoisotopic (exact) mass is 957 g/mol. The highest BCUT2D eigenvalue weighted by atomic mass is 16.6. The number of allylic oxidation sites excluding steroid dienone is 2.